The predicted molar refractivity (Wildman–Crippen MR) is 60.2 cm³/mol. The second kappa shape index (κ2) is 3.27. The minimum Gasteiger partial charge on any atom is -0.0761 e. The zero-order valence-corrected chi connectivity index (χ0v) is 8.45. The van der Waals surface area contributed by atoms with Crippen molar-refractivity contribution in [2.45, 2.75) is 31.6 Å². The zero-order chi connectivity index (χ0) is 9.38. The van der Waals surface area contributed by atoms with Gasteiger partial charge in [0.15, 0.2) is 0 Å². The Labute approximate surface area is 85.6 Å². The minimum atomic E-state index is 0.730. The Morgan fingerprint density at radius 2 is 1.79 bits per heavy atom. The molecule has 0 radical (unpaired) electrons. The summed E-state index contributed by atoms with van der Waals surface area (Å²) >= 11 is 0. The van der Waals surface area contributed by atoms with Gasteiger partial charge in [-0.3, -0.25) is 0 Å². The summed E-state index contributed by atoms with van der Waals surface area (Å²) in [5.74, 6) is 1.66. The third-order valence-corrected chi connectivity index (χ3v) is 3.75. The average molecular weight is 184 g/mol. The summed E-state index contributed by atoms with van der Waals surface area (Å²) in [4.78, 5) is 0. The van der Waals surface area contributed by atoms with Crippen molar-refractivity contribution in [3.8, 4) is 0 Å². The van der Waals surface area contributed by atoms with Crippen LogP contribution < -0.4 is 0 Å². The standard InChI is InChI=1S/C14H16/c1-2-6-11(5-1)14-10-9-12-7-3-4-8-13(12)14/h3-4,7-11,14H,1-2,5-6H2. The second-order valence-electron chi connectivity index (χ2n) is 4.56. The first-order chi connectivity index (χ1) is 6.95. The number of allylic oxidation sites excluding steroid dienone is 1. The van der Waals surface area contributed by atoms with E-state index in [0.717, 1.165) is 11.8 Å². The van der Waals surface area contributed by atoms with Gasteiger partial charge in [0, 0.05) is 5.92 Å². The number of fused-ring (bicyclic) bond motifs is 1. The van der Waals surface area contributed by atoms with E-state index in [1.807, 2.05) is 0 Å². The van der Waals surface area contributed by atoms with Gasteiger partial charge < -0.3 is 0 Å². The van der Waals surface area contributed by atoms with E-state index >= 15 is 0 Å². The molecule has 0 heteroatoms. The SMILES string of the molecule is C1=CC(C2CCCC2)c2ccccc21. The van der Waals surface area contributed by atoms with Crippen LogP contribution in [0.5, 0.6) is 0 Å². The Bertz CT molecular complexity index is 356. The molecular formula is C14H16. The normalized spacial score (nSPS) is 25.6. The number of benzene rings is 1. The molecule has 1 aromatic carbocycles. The van der Waals surface area contributed by atoms with Crippen LogP contribution in [0.3, 0.4) is 0 Å². The molecule has 3 rings (SSSR count). The summed E-state index contributed by atoms with van der Waals surface area (Å²) in [6, 6.07) is 8.85. The zero-order valence-electron chi connectivity index (χ0n) is 8.45. The Balaban J connectivity index is 1.93. The van der Waals surface area contributed by atoms with Gasteiger partial charge in [-0.1, -0.05) is 49.3 Å². The van der Waals surface area contributed by atoms with Gasteiger partial charge in [-0.25, -0.2) is 0 Å². The monoisotopic (exact) mass is 184 g/mol. The fourth-order valence-corrected chi connectivity index (χ4v) is 3.00. The van der Waals surface area contributed by atoms with Crippen molar-refractivity contribution >= 4 is 6.08 Å². The maximum Gasteiger partial charge on any atom is 0.00555 e. The van der Waals surface area contributed by atoms with E-state index in [1.165, 1.54) is 31.2 Å². The van der Waals surface area contributed by atoms with E-state index in [0.29, 0.717) is 0 Å². The molecule has 2 aliphatic carbocycles. The highest BCUT2D eigenvalue weighted by Crippen LogP contribution is 2.42. The molecule has 0 spiro atoms. The van der Waals surface area contributed by atoms with Crippen LogP contribution in [0.15, 0.2) is 30.3 Å². The molecule has 0 nitrogen and oxygen atoms in total. The Morgan fingerprint density at radius 1 is 1.00 bits per heavy atom. The van der Waals surface area contributed by atoms with Gasteiger partial charge in [-0.2, -0.15) is 0 Å². The molecule has 0 aliphatic heterocycles. The summed E-state index contributed by atoms with van der Waals surface area (Å²) in [6.07, 6.45) is 10.5. The summed E-state index contributed by atoms with van der Waals surface area (Å²) in [7, 11) is 0. The topological polar surface area (TPSA) is 0 Å². The summed E-state index contributed by atoms with van der Waals surface area (Å²) in [5.41, 5.74) is 3.02. The smallest absolute Gasteiger partial charge is 0.00555 e. The molecule has 1 unspecified atom stereocenters. The van der Waals surface area contributed by atoms with Crippen LogP contribution in [0, 0.1) is 5.92 Å². The Hall–Kier alpha value is -1.04. The van der Waals surface area contributed by atoms with Gasteiger partial charge in [0.25, 0.3) is 0 Å². The van der Waals surface area contributed by atoms with Crippen LogP contribution in [0.2, 0.25) is 0 Å². The molecule has 14 heavy (non-hydrogen) atoms. The van der Waals surface area contributed by atoms with Crippen LogP contribution in [0.4, 0.5) is 0 Å². The van der Waals surface area contributed by atoms with E-state index in [1.54, 1.807) is 5.56 Å². The van der Waals surface area contributed by atoms with Crippen molar-refractivity contribution in [3.63, 3.8) is 0 Å². The Morgan fingerprint density at radius 3 is 2.64 bits per heavy atom. The van der Waals surface area contributed by atoms with Crippen LogP contribution in [-0.2, 0) is 0 Å². The van der Waals surface area contributed by atoms with Gasteiger partial charge >= 0.3 is 0 Å². The highest BCUT2D eigenvalue weighted by atomic mass is 14.3. The molecule has 0 heterocycles. The quantitative estimate of drug-likeness (QED) is 0.619. The summed E-state index contributed by atoms with van der Waals surface area (Å²) in [5, 5.41) is 0. The van der Waals surface area contributed by atoms with E-state index in [2.05, 4.69) is 36.4 Å². The largest absolute Gasteiger partial charge is 0.0761 e. The molecule has 0 amide bonds. The van der Waals surface area contributed by atoms with E-state index in [4.69, 9.17) is 0 Å². The first-order valence-corrected chi connectivity index (χ1v) is 5.72. The predicted octanol–water partition coefficient (Wildman–Crippen LogP) is 3.99. The molecule has 0 aromatic heterocycles. The molecule has 0 bridgehead atoms. The van der Waals surface area contributed by atoms with Crippen LogP contribution in [-0.4, -0.2) is 0 Å². The maximum absolute atomic E-state index is 2.42. The first kappa shape index (κ1) is 8.28. The summed E-state index contributed by atoms with van der Waals surface area (Å²) < 4.78 is 0. The highest BCUT2D eigenvalue weighted by molar-refractivity contribution is 5.62. The van der Waals surface area contributed by atoms with E-state index in [9.17, 15) is 0 Å². The highest BCUT2D eigenvalue weighted by Gasteiger charge is 2.27. The first-order valence-electron chi connectivity index (χ1n) is 5.72. The van der Waals surface area contributed by atoms with Gasteiger partial charge in [0.05, 0.1) is 0 Å². The second-order valence-corrected chi connectivity index (χ2v) is 4.56. The van der Waals surface area contributed by atoms with Crippen molar-refractivity contribution in [1.82, 2.24) is 0 Å². The van der Waals surface area contributed by atoms with Gasteiger partial charge in [0.1, 0.15) is 0 Å². The minimum absolute atomic E-state index is 0.730. The lowest BCUT2D eigenvalue weighted by atomic mass is 9.87. The van der Waals surface area contributed by atoms with Gasteiger partial charge in [0.2, 0.25) is 0 Å². The molecule has 1 saturated carbocycles. The lowest BCUT2D eigenvalue weighted by Crippen LogP contribution is -2.05. The van der Waals surface area contributed by atoms with Gasteiger partial charge in [-0.05, 0) is 29.9 Å². The van der Waals surface area contributed by atoms with Crippen molar-refractivity contribution in [3.05, 3.63) is 41.5 Å². The van der Waals surface area contributed by atoms with E-state index in [-0.39, 0.29) is 0 Å². The average Bonchev–Trinajstić information content (AvgIpc) is 2.85. The molecule has 0 N–H and O–H groups in total. The fourth-order valence-electron chi connectivity index (χ4n) is 3.00. The maximum atomic E-state index is 2.42. The van der Waals surface area contributed by atoms with Crippen molar-refractivity contribution < 1.29 is 0 Å². The molecular weight excluding hydrogens is 168 g/mol. The third kappa shape index (κ3) is 1.21. The van der Waals surface area contributed by atoms with Crippen molar-refractivity contribution in [2.24, 2.45) is 5.92 Å². The van der Waals surface area contributed by atoms with Crippen LogP contribution in [0.1, 0.15) is 42.7 Å². The summed E-state index contributed by atoms with van der Waals surface area (Å²) in [6.45, 7) is 0. The molecule has 72 valence electrons. The van der Waals surface area contributed by atoms with E-state index < -0.39 is 0 Å². The molecule has 1 fully saturated rings. The third-order valence-electron chi connectivity index (χ3n) is 3.75. The number of hydrogen-bond acceptors (Lipinski definition) is 0. The number of hydrogen-bond donors (Lipinski definition) is 0. The van der Waals surface area contributed by atoms with Crippen LogP contribution >= 0.6 is 0 Å². The van der Waals surface area contributed by atoms with Crippen LogP contribution in [0.25, 0.3) is 6.08 Å². The lowest BCUT2D eigenvalue weighted by Gasteiger charge is -2.17. The van der Waals surface area contributed by atoms with Gasteiger partial charge in [-0.15, -0.1) is 0 Å². The molecule has 2 aliphatic rings. The van der Waals surface area contributed by atoms with Crippen molar-refractivity contribution in [2.75, 3.05) is 0 Å². The Kier molecular flexibility index (Phi) is 1.93. The molecule has 1 atom stereocenters. The van der Waals surface area contributed by atoms with Crippen molar-refractivity contribution in [1.29, 1.82) is 0 Å². The number of rotatable bonds is 1. The lowest BCUT2D eigenvalue weighted by molar-refractivity contribution is 0.498. The fraction of sp³-hybridized carbons (Fsp3) is 0.429. The molecule has 1 aromatic rings. The molecule has 0 saturated heterocycles.